The Hall–Kier alpha value is -1.66. The first-order valence-electron chi connectivity index (χ1n) is 6.85. The molecule has 112 valence electrons. The fourth-order valence-corrected chi connectivity index (χ4v) is 4.57. The molecule has 1 atom stereocenters. The minimum absolute atomic E-state index is 0.256. The summed E-state index contributed by atoms with van der Waals surface area (Å²) in [6.07, 6.45) is 0. The quantitative estimate of drug-likeness (QED) is 0.856. The number of aryl methyl sites for hydroxylation is 1. The van der Waals surface area contributed by atoms with Gasteiger partial charge >= 0.3 is 0 Å². The molecule has 1 aliphatic heterocycles. The maximum absolute atomic E-state index is 13.9. The monoisotopic (exact) mass is 308 g/mol. The number of nitrogens with zero attached hydrogens (tertiary/aromatic N) is 2. The van der Waals surface area contributed by atoms with E-state index in [1.807, 2.05) is 26.0 Å². The van der Waals surface area contributed by atoms with Gasteiger partial charge in [0.15, 0.2) is 0 Å². The summed E-state index contributed by atoms with van der Waals surface area (Å²) in [4.78, 5) is -0.256. The smallest absolute Gasteiger partial charge is 0.246 e. The Bertz CT molecular complexity index is 783. The minimum atomic E-state index is -3.83. The number of rotatable bonds is 2. The molecular formula is C15H17FN2O2S. The third-order valence-corrected chi connectivity index (χ3v) is 6.06. The first kappa shape index (κ1) is 14.3. The van der Waals surface area contributed by atoms with Gasteiger partial charge in [0.1, 0.15) is 10.7 Å². The summed E-state index contributed by atoms with van der Waals surface area (Å²) in [5.74, 6) is -0.707. The summed E-state index contributed by atoms with van der Waals surface area (Å²) in [6, 6.07) is 9.12. The van der Waals surface area contributed by atoms with E-state index in [1.54, 1.807) is 0 Å². The maximum atomic E-state index is 13.9. The van der Waals surface area contributed by atoms with Crippen LogP contribution in [0.25, 0.3) is 0 Å². The van der Waals surface area contributed by atoms with E-state index in [0.717, 1.165) is 11.4 Å². The van der Waals surface area contributed by atoms with E-state index in [4.69, 9.17) is 0 Å². The summed E-state index contributed by atoms with van der Waals surface area (Å²) in [7, 11) is -3.83. The summed E-state index contributed by atoms with van der Waals surface area (Å²) in [5.41, 5.74) is 2.05. The molecule has 2 aromatic rings. The Morgan fingerprint density at radius 3 is 2.57 bits per heavy atom. The van der Waals surface area contributed by atoms with Gasteiger partial charge in [0, 0.05) is 24.5 Å². The Labute approximate surface area is 123 Å². The van der Waals surface area contributed by atoms with Gasteiger partial charge < -0.3 is 4.57 Å². The summed E-state index contributed by atoms with van der Waals surface area (Å²) in [5, 5.41) is 0. The van der Waals surface area contributed by atoms with Crippen LogP contribution >= 0.6 is 0 Å². The molecule has 0 aliphatic carbocycles. The van der Waals surface area contributed by atoms with Crippen molar-refractivity contribution in [2.45, 2.75) is 31.3 Å². The number of hydrogen-bond acceptors (Lipinski definition) is 2. The molecular weight excluding hydrogens is 291 g/mol. The molecule has 0 fully saturated rings. The number of aromatic nitrogens is 1. The number of sulfonamides is 1. The van der Waals surface area contributed by atoms with Gasteiger partial charge in [0.25, 0.3) is 0 Å². The van der Waals surface area contributed by atoms with Gasteiger partial charge in [-0.2, -0.15) is 4.31 Å². The zero-order valence-electron chi connectivity index (χ0n) is 12.0. The molecule has 6 heteroatoms. The summed E-state index contributed by atoms with van der Waals surface area (Å²) >= 11 is 0. The second-order valence-electron chi connectivity index (χ2n) is 5.27. The Balaban J connectivity index is 2.04. The second-order valence-corrected chi connectivity index (χ2v) is 7.13. The summed E-state index contributed by atoms with van der Waals surface area (Å²) in [6.45, 7) is 4.77. The van der Waals surface area contributed by atoms with E-state index in [-0.39, 0.29) is 10.9 Å². The van der Waals surface area contributed by atoms with E-state index >= 15 is 0 Å². The van der Waals surface area contributed by atoms with Gasteiger partial charge in [-0.15, -0.1) is 0 Å². The van der Waals surface area contributed by atoms with Crippen molar-refractivity contribution in [1.82, 2.24) is 8.87 Å². The zero-order chi connectivity index (χ0) is 15.2. The third-order valence-electron chi connectivity index (χ3n) is 4.06. The van der Waals surface area contributed by atoms with E-state index in [0.29, 0.717) is 13.1 Å². The first-order chi connectivity index (χ1) is 9.93. The molecule has 1 aliphatic rings. The minimum Gasteiger partial charge on any atom is -0.346 e. The van der Waals surface area contributed by atoms with Crippen molar-refractivity contribution < 1.29 is 12.8 Å². The lowest BCUT2D eigenvalue weighted by molar-refractivity contribution is 0.279. The molecule has 0 N–H and O–H groups in total. The largest absolute Gasteiger partial charge is 0.346 e. The highest BCUT2D eigenvalue weighted by Crippen LogP contribution is 2.32. The maximum Gasteiger partial charge on any atom is 0.246 e. The van der Waals surface area contributed by atoms with Gasteiger partial charge in [-0.1, -0.05) is 12.1 Å². The van der Waals surface area contributed by atoms with Crippen LogP contribution in [0.5, 0.6) is 0 Å². The van der Waals surface area contributed by atoms with Crippen molar-refractivity contribution >= 4 is 10.0 Å². The van der Waals surface area contributed by atoms with E-state index in [1.165, 1.54) is 28.6 Å². The molecule has 0 saturated carbocycles. The Kier molecular flexibility index (Phi) is 3.37. The second kappa shape index (κ2) is 4.96. The highest BCUT2D eigenvalue weighted by molar-refractivity contribution is 7.89. The van der Waals surface area contributed by atoms with Crippen LogP contribution in [0.1, 0.15) is 24.4 Å². The Morgan fingerprint density at radius 2 is 1.86 bits per heavy atom. The van der Waals surface area contributed by atoms with Crippen molar-refractivity contribution in [2.75, 3.05) is 6.54 Å². The molecule has 1 aromatic heterocycles. The molecule has 1 aromatic carbocycles. The van der Waals surface area contributed by atoms with Gasteiger partial charge in [-0.05, 0) is 38.1 Å². The van der Waals surface area contributed by atoms with Crippen LogP contribution in [0.15, 0.2) is 41.3 Å². The average Bonchev–Trinajstić information content (AvgIpc) is 2.82. The topological polar surface area (TPSA) is 42.3 Å². The molecule has 0 spiro atoms. The molecule has 1 unspecified atom stereocenters. The SMILES string of the molecule is Cc1ccc2n1CCN(S(=O)(=O)c1ccccc1F)C2C. The van der Waals surface area contributed by atoms with Crippen molar-refractivity contribution in [3.8, 4) is 0 Å². The van der Waals surface area contributed by atoms with Crippen molar-refractivity contribution in [1.29, 1.82) is 0 Å². The average molecular weight is 308 g/mol. The van der Waals surface area contributed by atoms with Crippen LogP contribution < -0.4 is 0 Å². The lowest BCUT2D eigenvalue weighted by atomic mass is 10.2. The van der Waals surface area contributed by atoms with Crippen molar-refractivity contribution in [3.63, 3.8) is 0 Å². The van der Waals surface area contributed by atoms with Crippen molar-refractivity contribution in [3.05, 3.63) is 53.6 Å². The lowest BCUT2D eigenvalue weighted by Crippen LogP contribution is -2.41. The van der Waals surface area contributed by atoms with Crippen LogP contribution in [-0.2, 0) is 16.6 Å². The predicted octanol–water partition coefficient (Wildman–Crippen LogP) is 2.70. The predicted molar refractivity (Wildman–Crippen MR) is 77.9 cm³/mol. The third kappa shape index (κ3) is 2.18. The fourth-order valence-electron chi connectivity index (χ4n) is 2.91. The lowest BCUT2D eigenvalue weighted by Gasteiger charge is -2.34. The van der Waals surface area contributed by atoms with Crippen LogP contribution in [0, 0.1) is 12.7 Å². The number of halogens is 1. The van der Waals surface area contributed by atoms with Crippen molar-refractivity contribution in [2.24, 2.45) is 0 Å². The molecule has 4 nitrogen and oxygen atoms in total. The fraction of sp³-hybridized carbons (Fsp3) is 0.333. The van der Waals surface area contributed by atoms with Gasteiger partial charge in [0.05, 0.1) is 6.04 Å². The molecule has 0 radical (unpaired) electrons. The summed E-state index contributed by atoms with van der Waals surface area (Å²) < 4.78 is 42.8. The van der Waals surface area contributed by atoms with Gasteiger partial charge in [-0.3, -0.25) is 0 Å². The van der Waals surface area contributed by atoms with Crippen LogP contribution in [0.4, 0.5) is 4.39 Å². The van der Waals surface area contributed by atoms with E-state index in [2.05, 4.69) is 4.57 Å². The zero-order valence-corrected chi connectivity index (χ0v) is 12.8. The highest BCUT2D eigenvalue weighted by atomic mass is 32.2. The number of hydrogen-bond donors (Lipinski definition) is 0. The van der Waals surface area contributed by atoms with Gasteiger partial charge in [-0.25, -0.2) is 12.8 Å². The molecule has 3 rings (SSSR count). The molecule has 2 heterocycles. The van der Waals surface area contributed by atoms with Crippen LogP contribution in [-0.4, -0.2) is 23.8 Å². The molecule has 0 amide bonds. The molecule has 21 heavy (non-hydrogen) atoms. The normalized spacial score (nSPS) is 19.5. The van der Waals surface area contributed by atoms with Crippen LogP contribution in [0.2, 0.25) is 0 Å². The number of benzene rings is 1. The molecule has 0 saturated heterocycles. The number of fused-ring (bicyclic) bond motifs is 1. The van der Waals surface area contributed by atoms with Gasteiger partial charge in [0.2, 0.25) is 10.0 Å². The first-order valence-corrected chi connectivity index (χ1v) is 8.29. The van der Waals surface area contributed by atoms with Crippen LogP contribution in [0.3, 0.4) is 0 Å². The van der Waals surface area contributed by atoms with E-state index in [9.17, 15) is 12.8 Å². The Morgan fingerprint density at radius 1 is 1.14 bits per heavy atom. The highest BCUT2D eigenvalue weighted by Gasteiger charge is 2.35. The van der Waals surface area contributed by atoms with E-state index < -0.39 is 15.8 Å². The molecule has 0 bridgehead atoms. The standard InChI is InChI=1S/C15H17FN2O2S/c1-11-7-8-14-12(2)18(10-9-17(11)14)21(19,20)15-6-4-3-5-13(15)16/h3-8,12H,9-10H2,1-2H3.